The third-order valence-electron chi connectivity index (χ3n) is 4.70. The molecular formula is C18H19BrFN. The summed E-state index contributed by atoms with van der Waals surface area (Å²) in [6, 6.07) is 15.7. The first kappa shape index (κ1) is 14.7. The summed E-state index contributed by atoms with van der Waals surface area (Å²) in [4.78, 5) is 0. The molecule has 1 atom stereocenters. The molecular weight excluding hydrogens is 329 g/mol. The van der Waals surface area contributed by atoms with Crippen molar-refractivity contribution < 1.29 is 4.39 Å². The van der Waals surface area contributed by atoms with Gasteiger partial charge < -0.3 is 5.32 Å². The highest BCUT2D eigenvalue weighted by Gasteiger charge is 2.46. The fourth-order valence-electron chi connectivity index (χ4n) is 3.54. The van der Waals surface area contributed by atoms with Crippen molar-refractivity contribution in [2.24, 2.45) is 0 Å². The SMILES string of the molecule is CNC(c1cc(Br)ccc1F)C1(c2ccccc2)CCC1. The molecule has 1 nitrogen and oxygen atoms in total. The Hall–Kier alpha value is -1.19. The first-order valence-corrected chi connectivity index (χ1v) is 8.14. The fraction of sp³-hybridized carbons (Fsp3) is 0.333. The Balaban J connectivity index is 2.08. The van der Waals surface area contributed by atoms with Gasteiger partial charge in [-0.3, -0.25) is 0 Å². The molecule has 1 fully saturated rings. The Kier molecular flexibility index (Phi) is 4.14. The Morgan fingerprint density at radius 2 is 1.86 bits per heavy atom. The van der Waals surface area contributed by atoms with Crippen LogP contribution in [0.2, 0.25) is 0 Å². The van der Waals surface area contributed by atoms with Gasteiger partial charge in [0.25, 0.3) is 0 Å². The molecule has 0 radical (unpaired) electrons. The molecule has 2 aromatic rings. The monoisotopic (exact) mass is 347 g/mol. The van der Waals surface area contributed by atoms with Gasteiger partial charge in [0, 0.05) is 21.5 Å². The molecule has 0 heterocycles. The lowest BCUT2D eigenvalue weighted by atomic mass is 9.58. The maximum Gasteiger partial charge on any atom is 0.128 e. The maximum absolute atomic E-state index is 14.4. The average Bonchev–Trinajstić information content (AvgIpc) is 2.46. The molecule has 3 heteroatoms. The molecule has 1 unspecified atom stereocenters. The molecule has 0 aromatic heterocycles. The number of benzene rings is 2. The normalized spacial score (nSPS) is 18.0. The molecule has 1 N–H and O–H groups in total. The van der Waals surface area contributed by atoms with E-state index in [1.54, 1.807) is 12.1 Å². The van der Waals surface area contributed by atoms with Crippen molar-refractivity contribution in [3.8, 4) is 0 Å². The quantitative estimate of drug-likeness (QED) is 0.823. The topological polar surface area (TPSA) is 12.0 Å². The van der Waals surface area contributed by atoms with Crippen molar-refractivity contribution in [2.75, 3.05) is 7.05 Å². The fourth-order valence-corrected chi connectivity index (χ4v) is 3.92. The van der Waals surface area contributed by atoms with E-state index < -0.39 is 0 Å². The number of hydrogen-bond acceptors (Lipinski definition) is 1. The summed E-state index contributed by atoms with van der Waals surface area (Å²) < 4.78 is 15.3. The minimum absolute atomic E-state index is 0.00234. The predicted octanol–water partition coefficient (Wildman–Crippen LogP) is 4.97. The zero-order valence-corrected chi connectivity index (χ0v) is 13.7. The van der Waals surface area contributed by atoms with Gasteiger partial charge in [0.05, 0.1) is 0 Å². The number of halogens is 2. The lowest BCUT2D eigenvalue weighted by Crippen LogP contribution is -2.46. The molecule has 3 rings (SSSR count). The largest absolute Gasteiger partial charge is 0.312 e. The second-order valence-electron chi connectivity index (χ2n) is 5.76. The minimum Gasteiger partial charge on any atom is -0.312 e. The molecule has 0 bridgehead atoms. The van der Waals surface area contributed by atoms with E-state index in [2.05, 4.69) is 45.5 Å². The first-order valence-electron chi connectivity index (χ1n) is 7.35. The average molecular weight is 348 g/mol. The van der Waals surface area contributed by atoms with E-state index in [0.29, 0.717) is 0 Å². The van der Waals surface area contributed by atoms with Crippen LogP contribution in [0.25, 0.3) is 0 Å². The van der Waals surface area contributed by atoms with Crippen molar-refractivity contribution in [3.05, 3.63) is 69.9 Å². The molecule has 0 spiro atoms. The molecule has 110 valence electrons. The molecule has 0 aliphatic heterocycles. The van der Waals surface area contributed by atoms with Gasteiger partial charge in [-0.1, -0.05) is 52.7 Å². The molecule has 0 saturated heterocycles. The lowest BCUT2D eigenvalue weighted by Gasteiger charge is -2.48. The van der Waals surface area contributed by atoms with Crippen molar-refractivity contribution in [3.63, 3.8) is 0 Å². The van der Waals surface area contributed by atoms with E-state index in [0.717, 1.165) is 22.9 Å². The van der Waals surface area contributed by atoms with Crippen LogP contribution >= 0.6 is 15.9 Å². The summed E-state index contributed by atoms with van der Waals surface area (Å²) in [7, 11) is 1.92. The van der Waals surface area contributed by atoms with Gasteiger partial charge in [-0.25, -0.2) is 4.39 Å². The van der Waals surface area contributed by atoms with E-state index in [9.17, 15) is 4.39 Å². The minimum atomic E-state index is -0.139. The summed E-state index contributed by atoms with van der Waals surface area (Å²) >= 11 is 3.46. The summed E-state index contributed by atoms with van der Waals surface area (Å²) in [5.74, 6) is -0.139. The molecule has 0 amide bonds. The van der Waals surface area contributed by atoms with Gasteiger partial charge in [0.2, 0.25) is 0 Å². The molecule has 21 heavy (non-hydrogen) atoms. The van der Waals surface area contributed by atoms with Gasteiger partial charge >= 0.3 is 0 Å². The van der Waals surface area contributed by atoms with Crippen molar-refractivity contribution in [2.45, 2.75) is 30.7 Å². The van der Waals surface area contributed by atoms with E-state index in [1.165, 1.54) is 12.0 Å². The zero-order valence-electron chi connectivity index (χ0n) is 12.1. The summed E-state index contributed by atoms with van der Waals surface area (Å²) in [5.41, 5.74) is 2.04. The second-order valence-corrected chi connectivity index (χ2v) is 6.68. The van der Waals surface area contributed by atoms with E-state index >= 15 is 0 Å². The molecule has 1 aliphatic carbocycles. The highest BCUT2D eigenvalue weighted by Crippen LogP contribution is 2.52. The van der Waals surface area contributed by atoms with Crippen LogP contribution < -0.4 is 5.32 Å². The van der Waals surface area contributed by atoms with Crippen LogP contribution in [0.15, 0.2) is 53.0 Å². The number of rotatable bonds is 4. The molecule has 2 aromatic carbocycles. The Morgan fingerprint density at radius 1 is 1.14 bits per heavy atom. The van der Waals surface area contributed by atoms with Crippen LogP contribution in [0.1, 0.15) is 36.4 Å². The van der Waals surface area contributed by atoms with Gasteiger partial charge in [-0.05, 0) is 43.7 Å². The van der Waals surface area contributed by atoms with Crippen molar-refractivity contribution in [1.29, 1.82) is 0 Å². The van der Waals surface area contributed by atoms with Crippen molar-refractivity contribution >= 4 is 15.9 Å². The Morgan fingerprint density at radius 3 is 2.43 bits per heavy atom. The van der Waals surface area contributed by atoms with Gasteiger partial charge in [0.1, 0.15) is 5.82 Å². The summed E-state index contributed by atoms with van der Waals surface area (Å²) in [5, 5.41) is 3.37. The zero-order chi connectivity index (χ0) is 14.9. The Labute approximate surface area is 133 Å². The first-order chi connectivity index (χ1) is 10.2. The third kappa shape index (κ3) is 2.53. The number of likely N-dealkylation sites (N-methyl/N-ethyl adjacent to an activating group) is 1. The number of hydrogen-bond donors (Lipinski definition) is 1. The lowest BCUT2D eigenvalue weighted by molar-refractivity contribution is 0.173. The van der Waals surface area contributed by atoms with Gasteiger partial charge in [0.15, 0.2) is 0 Å². The maximum atomic E-state index is 14.4. The highest BCUT2D eigenvalue weighted by atomic mass is 79.9. The van der Waals surface area contributed by atoms with Crippen LogP contribution in [-0.2, 0) is 5.41 Å². The summed E-state index contributed by atoms with van der Waals surface area (Å²) in [6.07, 6.45) is 3.38. The van der Waals surface area contributed by atoms with Crippen LogP contribution in [0, 0.1) is 5.82 Å². The van der Waals surface area contributed by atoms with E-state index in [4.69, 9.17) is 0 Å². The predicted molar refractivity (Wildman–Crippen MR) is 87.9 cm³/mol. The van der Waals surface area contributed by atoms with E-state index in [-0.39, 0.29) is 17.3 Å². The van der Waals surface area contributed by atoms with Crippen LogP contribution in [0.5, 0.6) is 0 Å². The molecule has 1 aliphatic rings. The van der Waals surface area contributed by atoms with Gasteiger partial charge in [-0.15, -0.1) is 0 Å². The summed E-state index contributed by atoms with van der Waals surface area (Å²) in [6.45, 7) is 0. The van der Waals surface area contributed by atoms with Crippen LogP contribution in [-0.4, -0.2) is 7.05 Å². The highest BCUT2D eigenvalue weighted by molar-refractivity contribution is 9.10. The molecule has 1 saturated carbocycles. The van der Waals surface area contributed by atoms with Crippen LogP contribution in [0.4, 0.5) is 4.39 Å². The smallest absolute Gasteiger partial charge is 0.128 e. The van der Waals surface area contributed by atoms with Crippen LogP contribution in [0.3, 0.4) is 0 Å². The number of nitrogens with one attached hydrogen (secondary N) is 1. The van der Waals surface area contributed by atoms with E-state index in [1.807, 2.05) is 19.2 Å². The standard InChI is InChI=1S/C18H19BrFN/c1-21-17(15-12-14(19)8-9-16(15)20)18(10-5-11-18)13-6-3-2-4-7-13/h2-4,6-9,12,17,21H,5,10-11H2,1H3. The Bertz CT molecular complexity index is 622. The van der Waals surface area contributed by atoms with Crippen molar-refractivity contribution in [1.82, 2.24) is 5.32 Å². The van der Waals surface area contributed by atoms with Gasteiger partial charge in [-0.2, -0.15) is 0 Å². The second kappa shape index (κ2) is 5.90. The third-order valence-corrected chi connectivity index (χ3v) is 5.20.